The highest BCUT2D eigenvalue weighted by Crippen LogP contribution is 2.25. The Hall–Kier alpha value is -1.26. The number of methoxy groups -OCH3 is 1. The van der Waals surface area contributed by atoms with Gasteiger partial charge in [0.25, 0.3) is 0 Å². The second-order valence-electron chi connectivity index (χ2n) is 4.82. The van der Waals surface area contributed by atoms with Gasteiger partial charge in [0.15, 0.2) is 11.5 Å². The van der Waals surface area contributed by atoms with E-state index in [1.54, 1.807) is 12.0 Å². The molecule has 1 aliphatic rings. The van der Waals surface area contributed by atoms with Crippen LogP contribution in [0.3, 0.4) is 0 Å². The van der Waals surface area contributed by atoms with Gasteiger partial charge < -0.3 is 19.1 Å². The van der Waals surface area contributed by atoms with Gasteiger partial charge in [-0.15, -0.1) is 0 Å². The summed E-state index contributed by atoms with van der Waals surface area (Å²) in [5.41, 5.74) is 0. The molecule has 0 aliphatic carbocycles. The Kier molecular flexibility index (Phi) is 5.98. The Labute approximate surface area is 115 Å². The normalized spacial score (nSPS) is 16.3. The van der Waals surface area contributed by atoms with Gasteiger partial charge in [0.2, 0.25) is 0 Å². The fourth-order valence-corrected chi connectivity index (χ4v) is 2.31. The highest BCUT2D eigenvalue weighted by molar-refractivity contribution is 5.39. The first-order valence-corrected chi connectivity index (χ1v) is 7.07. The van der Waals surface area contributed by atoms with E-state index >= 15 is 0 Å². The molecule has 1 N–H and O–H groups in total. The van der Waals surface area contributed by atoms with Crippen LogP contribution in [0.5, 0.6) is 11.5 Å². The van der Waals surface area contributed by atoms with Gasteiger partial charge in [-0.25, -0.2) is 0 Å². The van der Waals surface area contributed by atoms with E-state index in [2.05, 4.69) is 0 Å². The van der Waals surface area contributed by atoms with Crippen LogP contribution >= 0.6 is 0 Å². The second kappa shape index (κ2) is 8.02. The van der Waals surface area contributed by atoms with E-state index in [1.807, 2.05) is 24.3 Å². The number of ether oxygens (including phenoxy) is 3. The minimum absolute atomic E-state index is 0.754. The Morgan fingerprint density at radius 3 is 2.58 bits per heavy atom. The average Bonchev–Trinajstić information content (AvgIpc) is 2.48. The summed E-state index contributed by atoms with van der Waals surface area (Å²) in [6.07, 6.45) is 2.28. The van der Waals surface area contributed by atoms with Gasteiger partial charge in [-0.05, 0) is 25.0 Å². The SMILES string of the molecule is COc1ccccc1OCCCC[NH+]1CCOCC1. The molecule has 1 saturated heterocycles. The van der Waals surface area contributed by atoms with E-state index in [-0.39, 0.29) is 0 Å². The molecule has 0 radical (unpaired) electrons. The quantitative estimate of drug-likeness (QED) is 0.740. The van der Waals surface area contributed by atoms with E-state index in [0.29, 0.717) is 0 Å². The van der Waals surface area contributed by atoms with Crippen molar-refractivity contribution in [2.45, 2.75) is 12.8 Å². The lowest BCUT2D eigenvalue weighted by molar-refractivity contribution is -0.908. The van der Waals surface area contributed by atoms with Crippen molar-refractivity contribution >= 4 is 0 Å². The first kappa shape index (κ1) is 14.2. The van der Waals surface area contributed by atoms with Crippen LogP contribution < -0.4 is 14.4 Å². The zero-order valence-corrected chi connectivity index (χ0v) is 11.7. The topological polar surface area (TPSA) is 32.1 Å². The van der Waals surface area contributed by atoms with E-state index < -0.39 is 0 Å². The summed E-state index contributed by atoms with van der Waals surface area (Å²) in [4.78, 5) is 1.66. The van der Waals surface area contributed by atoms with E-state index in [4.69, 9.17) is 14.2 Å². The molecule has 4 nitrogen and oxygen atoms in total. The van der Waals surface area contributed by atoms with E-state index in [1.165, 1.54) is 13.0 Å². The van der Waals surface area contributed by atoms with Gasteiger partial charge in [-0.3, -0.25) is 0 Å². The molecule has 4 heteroatoms. The number of benzene rings is 1. The molecule has 0 aromatic heterocycles. The molecule has 1 fully saturated rings. The van der Waals surface area contributed by atoms with Crippen LogP contribution in [0.4, 0.5) is 0 Å². The van der Waals surface area contributed by atoms with Crippen LogP contribution in [0.15, 0.2) is 24.3 Å². The first-order chi connectivity index (χ1) is 9.40. The van der Waals surface area contributed by atoms with Gasteiger partial charge in [0.1, 0.15) is 13.1 Å². The van der Waals surface area contributed by atoms with Crippen LogP contribution in [-0.2, 0) is 4.74 Å². The second-order valence-corrected chi connectivity index (χ2v) is 4.82. The number of hydrogen-bond donors (Lipinski definition) is 1. The van der Waals surface area contributed by atoms with E-state index in [0.717, 1.165) is 50.8 Å². The Bertz CT molecular complexity index is 364. The Morgan fingerprint density at radius 1 is 1.11 bits per heavy atom. The molecule has 0 saturated carbocycles. The summed E-state index contributed by atoms with van der Waals surface area (Å²) in [6, 6.07) is 7.79. The number of unbranched alkanes of at least 4 members (excludes halogenated alkanes) is 1. The van der Waals surface area contributed by atoms with Crippen molar-refractivity contribution < 1.29 is 19.1 Å². The number of para-hydroxylation sites is 2. The molecule has 106 valence electrons. The zero-order valence-electron chi connectivity index (χ0n) is 11.7. The van der Waals surface area contributed by atoms with Crippen molar-refractivity contribution in [2.24, 2.45) is 0 Å². The van der Waals surface area contributed by atoms with Crippen molar-refractivity contribution in [3.8, 4) is 11.5 Å². The summed E-state index contributed by atoms with van der Waals surface area (Å²) in [5.74, 6) is 1.64. The van der Waals surface area contributed by atoms with Gasteiger partial charge in [0, 0.05) is 0 Å². The highest BCUT2D eigenvalue weighted by Gasteiger charge is 2.12. The number of morpholine rings is 1. The van der Waals surface area contributed by atoms with Gasteiger partial charge in [-0.2, -0.15) is 0 Å². The maximum atomic E-state index is 5.76. The molecule has 1 heterocycles. The summed E-state index contributed by atoms with van der Waals surface area (Å²) in [7, 11) is 1.67. The monoisotopic (exact) mass is 266 g/mol. The predicted octanol–water partition coefficient (Wildman–Crippen LogP) is 0.769. The van der Waals surface area contributed by atoms with Crippen molar-refractivity contribution in [1.82, 2.24) is 0 Å². The third-order valence-corrected chi connectivity index (χ3v) is 3.45. The largest absolute Gasteiger partial charge is 0.493 e. The highest BCUT2D eigenvalue weighted by atomic mass is 16.5. The molecular weight excluding hydrogens is 242 g/mol. The van der Waals surface area contributed by atoms with Crippen LogP contribution in [0, 0.1) is 0 Å². The average molecular weight is 266 g/mol. The van der Waals surface area contributed by atoms with Crippen LogP contribution in [-0.4, -0.2) is 46.6 Å². The van der Waals surface area contributed by atoms with Gasteiger partial charge in [0.05, 0.1) is 33.5 Å². The molecular formula is C15H24NO3+. The maximum absolute atomic E-state index is 5.76. The van der Waals surface area contributed by atoms with Gasteiger partial charge in [-0.1, -0.05) is 12.1 Å². The molecule has 0 spiro atoms. The lowest BCUT2D eigenvalue weighted by atomic mass is 10.3. The molecule has 2 rings (SSSR count). The predicted molar refractivity (Wildman–Crippen MR) is 74.1 cm³/mol. The molecule has 1 aromatic rings. The van der Waals surface area contributed by atoms with Crippen molar-refractivity contribution in [3.63, 3.8) is 0 Å². The molecule has 1 aliphatic heterocycles. The minimum atomic E-state index is 0.754. The van der Waals surface area contributed by atoms with Crippen LogP contribution in [0.25, 0.3) is 0 Å². The summed E-state index contributed by atoms with van der Waals surface area (Å²) in [5, 5.41) is 0. The summed E-state index contributed by atoms with van der Waals surface area (Å²) < 4.78 is 16.4. The Balaban J connectivity index is 1.61. The summed E-state index contributed by atoms with van der Waals surface area (Å²) >= 11 is 0. The van der Waals surface area contributed by atoms with Gasteiger partial charge >= 0.3 is 0 Å². The smallest absolute Gasteiger partial charge is 0.161 e. The first-order valence-electron chi connectivity index (χ1n) is 7.07. The molecule has 19 heavy (non-hydrogen) atoms. The maximum Gasteiger partial charge on any atom is 0.161 e. The third kappa shape index (κ3) is 4.73. The van der Waals surface area contributed by atoms with Crippen molar-refractivity contribution in [1.29, 1.82) is 0 Å². The number of hydrogen-bond acceptors (Lipinski definition) is 3. The zero-order chi connectivity index (χ0) is 13.3. The fourth-order valence-electron chi connectivity index (χ4n) is 2.31. The van der Waals surface area contributed by atoms with Crippen molar-refractivity contribution in [3.05, 3.63) is 24.3 Å². The lowest BCUT2D eigenvalue weighted by Crippen LogP contribution is -3.14. The molecule has 0 unspecified atom stereocenters. The number of rotatable bonds is 7. The summed E-state index contributed by atoms with van der Waals surface area (Å²) in [6.45, 7) is 6.09. The minimum Gasteiger partial charge on any atom is -0.493 e. The van der Waals surface area contributed by atoms with Crippen LogP contribution in [0.2, 0.25) is 0 Å². The lowest BCUT2D eigenvalue weighted by Gasteiger charge is -2.23. The number of nitrogens with one attached hydrogen (secondary N) is 1. The fraction of sp³-hybridized carbons (Fsp3) is 0.600. The number of quaternary nitrogens is 1. The van der Waals surface area contributed by atoms with Crippen LogP contribution in [0.1, 0.15) is 12.8 Å². The molecule has 0 amide bonds. The molecule has 0 bridgehead atoms. The molecule has 0 atom stereocenters. The standard InChI is InChI=1S/C15H23NO3/c1-17-14-6-2-3-7-15(14)19-11-5-4-8-16-9-12-18-13-10-16/h2-3,6-7H,4-5,8-13H2,1H3/p+1. The Morgan fingerprint density at radius 2 is 1.84 bits per heavy atom. The molecule has 1 aromatic carbocycles. The van der Waals surface area contributed by atoms with Crippen molar-refractivity contribution in [2.75, 3.05) is 46.6 Å². The third-order valence-electron chi connectivity index (χ3n) is 3.45. The van der Waals surface area contributed by atoms with E-state index in [9.17, 15) is 0 Å².